The van der Waals surface area contributed by atoms with Gasteiger partial charge in [0.15, 0.2) is 0 Å². The van der Waals surface area contributed by atoms with Crippen molar-refractivity contribution in [3.63, 3.8) is 0 Å². The molecule has 0 bridgehead atoms. The maximum absolute atomic E-state index is 12.3. The predicted molar refractivity (Wildman–Crippen MR) is 111 cm³/mol. The Balaban J connectivity index is 1.63. The Hall–Kier alpha value is -3.00. The lowest BCUT2D eigenvalue weighted by Crippen LogP contribution is -2.51. The molecule has 29 heavy (non-hydrogen) atoms. The molecule has 0 heterocycles. The van der Waals surface area contributed by atoms with Crippen LogP contribution in [0.1, 0.15) is 24.0 Å². The van der Waals surface area contributed by atoms with Crippen molar-refractivity contribution in [3.05, 3.63) is 59.7 Å². The van der Waals surface area contributed by atoms with Gasteiger partial charge in [0.2, 0.25) is 5.91 Å². The first-order valence-corrected chi connectivity index (χ1v) is 9.81. The lowest BCUT2D eigenvalue weighted by atomic mass is 9.98. The summed E-state index contributed by atoms with van der Waals surface area (Å²) in [6.07, 6.45) is -0.760. The summed E-state index contributed by atoms with van der Waals surface area (Å²) in [5, 5.41) is 13.6. The number of rotatable bonds is 7. The van der Waals surface area contributed by atoms with Gasteiger partial charge in [-0.05, 0) is 29.2 Å². The van der Waals surface area contributed by atoms with Gasteiger partial charge in [0.1, 0.15) is 18.7 Å². The third kappa shape index (κ3) is 4.54. The van der Waals surface area contributed by atoms with Crippen molar-refractivity contribution in [3.8, 4) is 11.1 Å². The molecule has 1 aliphatic carbocycles. The van der Waals surface area contributed by atoms with Crippen LogP contribution < -0.4 is 10.6 Å². The molecule has 8 heteroatoms. The fourth-order valence-electron chi connectivity index (χ4n) is 3.35. The predicted octanol–water partition coefficient (Wildman–Crippen LogP) is 2.41. The number of thiol groups is 1. The normalized spacial score (nSPS) is 14.3. The molecule has 0 spiro atoms. The molecule has 1 aliphatic rings. The molecule has 0 saturated heterocycles. The van der Waals surface area contributed by atoms with Crippen LogP contribution in [0.3, 0.4) is 0 Å². The molecule has 0 saturated carbocycles. The summed E-state index contributed by atoms with van der Waals surface area (Å²) in [5.74, 6) is -1.90. The minimum atomic E-state index is -1.17. The average Bonchev–Trinajstić information content (AvgIpc) is 3.04. The Morgan fingerprint density at radius 2 is 1.59 bits per heavy atom. The summed E-state index contributed by atoms with van der Waals surface area (Å²) in [6.45, 7) is 1.45. The highest BCUT2D eigenvalue weighted by molar-refractivity contribution is 7.80. The molecule has 2 aromatic rings. The van der Waals surface area contributed by atoms with Crippen molar-refractivity contribution in [1.29, 1.82) is 0 Å². The number of ether oxygens (including phenoxy) is 1. The number of benzene rings is 2. The SMILES string of the molecule is C[C@H](NC(=O)[C@H](CS)NC(=O)OCC1c2ccccc2-c2ccccc21)C(=O)O. The third-order valence-electron chi connectivity index (χ3n) is 4.86. The molecule has 0 aliphatic heterocycles. The zero-order chi connectivity index (χ0) is 21.0. The number of nitrogens with one attached hydrogen (secondary N) is 2. The van der Waals surface area contributed by atoms with Crippen molar-refractivity contribution in [2.24, 2.45) is 0 Å². The number of carboxylic acid groups (broad SMARTS) is 1. The van der Waals surface area contributed by atoms with E-state index in [2.05, 4.69) is 23.3 Å². The van der Waals surface area contributed by atoms with Crippen LogP contribution >= 0.6 is 12.6 Å². The van der Waals surface area contributed by atoms with E-state index >= 15 is 0 Å². The first kappa shape index (κ1) is 20.7. The quantitative estimate of drug-likeness (QED) is 0.521. The van der Waals surface area contributed by atoms with Crippen LogP contribution in [-0.2, 0) is 14.3 Å². The van der Waals surface area contributed by atoms with E-state index in [1.54, 1.807) is 0 Å². The second kappa shape index (κ2) is 9.00. The van der Waals surface area contributed by atoms with Crippen molar-refractivity contribution >= 4 is 30.6 Å². The van der Waals surface area contributed by atoms with Crippen molar-refractivity contribution < 1.29 is 24.2 Å². The van der Waals surface area contributed by atoms with Crippen LogP contribution in [0.2, 0.25) is 0 Å². The molecule has 2 aromatic carbocycles. The summed E-state index contributed by atoms with van der Waals surface area (Å²) in [7, 11) is 0. The third-order valence-corrected chi connectivity index (χ3v) is 5.23. The Kier molecular flexibility index (Phi) is 6.43. The minimum Gasteiger partial charge on any atom is -0.480 e. The van der Waals surface area contributed by atoms with Gasteiger partial charge >= 0.3 is 12.1 Å². The number of alkyl carbamates (subject to hydrolysis) is 1. The van der Waals surface area contributed by atoms with E-state index in [0.29, 0.717) is 0 Å². The standard InChI is InChI=1S/C21H22N2O5S/c1-12(20(25)26)22-19(24)18(11-29)23-21(27)28-10-17-15-8-4-2-6-13(15)14-7-3-5-9-16(14)17/h2-9,12,17-18,29H,10-11H2,1H3,(H,22,24)(H,23,27)(H,25,26)/t12-,18-/m0/s1. The van der Waals surface area contributed by atoms with Gasteiger partial charge < -0.3 is 20.5 Å². The molecule has 2 amide bonds. The van der Waals surface area contributed by atoms with Gasteiger partial charge in [-0.1, -0.05) is 48.5 Å². The van der Waals surface area contributed by atoms with Crippen LogP contribution in [0.15, 0.2) is 48.5 Å². The molecule has 3 rings (SSSR count). The van der Waals surface area contributed by atoms with E-state index in [9.17, 15) is 14.4 Å². The largest absolute Gasteiger partial charge is 0.480 e. The average molecular weight is 414 g/mol. The van der Waals surface area contributed by atoms with Gasteiger partial charge in [0.25, 0.3) is 0 Å². The van der Waals surface area contributed by atoms with Gasteiger partial charge in [-0.2, -0.15) is 12.6 Å². The summed E-state index contributed by atoms with van der Waals surface area (Å²) < 4.78 is 5.39. The molecular formula is C21H22N2O5S. The van der Waals surface area contributed by atoms with E-state index in [0.717, 1.165) is 22.3 Å². The molecule has 152 valence electrons. The zero-order valence-corrected chi connectivity index (χ0v) is 16.7. The Labute approximate surface area is 173 Å². The summed E-state index contributed by atoms with van der Waals surface area (Å²) in [4.78, 5) is 35.2. The van der Waals surface area contributed by atoms with Gasteiger partial charge in [-0.25, -0.2) is 4.79 Å². The monoisotopic (exact) mass is 414 g/mol. The molecular weight excluding hydrogens is 392 g/mol. The van der Waals surface area contributed by atoms with Gasteiger partial charge in [-0.15, -0.1) is 0 Å². The summed E-state index contributed by atoms with van der Waals surface area (Å²) in [6, 6.07) is 13.9. The lowest BCUT2D eigenvalue weighted by Gasteiger charge is -2.19. The number of carboxylic acids is 1. The first-order chi connectivity index (χ1) is 13.9. The molecule has 2 atom stereocenters. The highest BCUT2D eigenvalue weighted by Gasteiger charge is 2.30. The minimum absolute atomic E-state index is 0.00235. The number of carbonyl (C=O) groups excluding carboxylic acids is 2. The second-order valence-electron chi connectivity index (χ2n) is 6.77. The Morgan fingerprint density at radius 1 is 1.03 bits per heavy atom. The van der Waals surface area contributed by atoms with E-state index in [-0.39, 0.29) is 18.3 Å². The van der Waals surface area contributed by atoms with E-state index in [1.165, 1.54) is 6.92 Å². The smallest absolute Gasteiger partial charge is 0.407 e. The van der Waals surface area contributed by atoms with Crippen LogP contribution in [0.25, 0.3) is 11.1 Å². The number of fused-ring (bicyclic) bond motifs is 3. The maximum atomic E-state index is 12.3. The topological polar surface area (TPSA) is 105 Å². The summed E-state index contributed by atoms with van der Waals surface area (Å²) >= 11 is 4.06. The lowest BCUT2D eigenvalue weighted by molar-refractivity contribution is -0.141. The number of aliphatic carboxylic acids is 1. The Morgan fingerprint density at radius 3 is 2.10 bits per heavy atom. The molecule has 3 N–H and O–H groups in total. The number of hydrogen-bond donors (Lipinski definition) is 4. The first-order valence-electron chi connectivity index (χ1n) is 9.18. The van der Waals surface area contributed by atoms with E-state index in [1.807, 2.05) is 48.5 Å². The molecule has 0 fully saturated rings. The molecule has 7 nitrogen and oxygen atoms in total. The van der Waals surface area contributed by atoms with Gasteiger partial charge in [0.05, 0.1) is 0 Å². The van der Waals surface area contributed by atoms with Crippen LogP contribution in [0, 0.1) is 0 Å². The summed E-state index contributed by atoms with van der Waals surface area (Å²) in [5.41, 5.74) is 4.40. The van der Waals surface area contributed by atoms with Crippen molar-refractivity contribution in [1.82, 2.24) is 10.6 Å². The zero-order valence-electron chi connectivity index (χ0n) is 15.8. The molecule has 0 aromatic heterocycles. The fourth-order valence-corrected chi connectivity index (χ4v) is 3.61. The van der Waals surface area contributed by atoms with Gasteiger partial charge in [0, 0.05) is 11.7 Å². The number of amides is 2. The van der Waals surface area contributed by atoms with Crippen LogP contribution in [0.5, 0.6) is 0 Å². The second-order valence-corrected chi connectivity index (χ2v) is 7.14. The highest BCUT2D eigenvalue weighted by atomic mass is 32.1. The molecule has 0 unspecified atom stereocenters. The maximum Gasteiger partial charge on any atom is 0.407 e. The fraction of sp³-hybridized carbons (Fsp3) is 0.286. The number of hydrogen-bond acceptors (Lipinski definition) is 5. The molecule has 0 radical (unpaired) electrons. The van der Waals surface area contributed by atoms with E-state index < -0.39 is 30.1 Å². The highest BCUT2D eigenvalue weighted by Crippen LogP contribution is 2.44. The van der Waals surface area contributed by atoms with E-state index in [4.69, 9.17) is 9.84 Å². The van der Waals surface area contributed by atoms with Crippen molar-refractivity contribution in [2.75, 3.05) is 12.4 Å². The van der Waals surface area contributed by atoms with Crippen LogP contribution in [-0.4, -0.2) is 47.5 Å². The number of carbonyl (C=O) groups is 3. The van der Waals surface area contributed by atoms with Crippen LogP contribution in [0.4, 0.5) is 4.79 Å². The van der Waals surface area contributed by atoms with Gasteiger partial charge in [-0.3, -0.25) is 9.59 Å². The Bertz CT molecular complexity index is 887. The van der Waals surface area contributed by atoms with Crippen molar-refractivity contribution in [2.45, 2.75) is 24.9 Å².